The van der Waals surface area contributed by atoms with Crippen LogP contribution >= 0.6 is 0 Å². The molecule has 0 unspecified atom stereocenters. The Balaban J connectivity index is 1.78. The molecule has 0 aromatic heterocycles. The van der Waals surface area contributed by atoms with Crippen molar-refractivity contribution >= 4 is 17.9 Å². The molecule has 0 aliphatic carbocycles. The van der Waals surface area contributed by atoms with Crippen LogP contribution in [0, 0.1) is 0 Å². The molecular formula is C22H32N2O4. The van der Waals surface area contributed by atoms with Crippen LogP contribution in [0.15, 0.2) is 24.3 Å². The first kappa shape index (κ1) is 21.8. The summed E-state index contributed by atoms with van der Waals surface area (Å²) in [4.78, 5) is 25.9. The first-order valence-corrected chi connectivity index (χ1v) is 10.3. The molecule has 1 N–H and O–H groups in total. The van der Waals surface area contributed by atoms with Crippen LogP contribution in [0.5, 0.6) is 11.5 Å². The van der Waals surface area contributed by atoms with E-state index in [2.05, 4.69) is 5.32 Å². The minimum atomic E-state index is -0.144. The number of hydrogen-bond acceptors (Lipinski definition) is 4. The van der Waals surface area contributed by atoms with Gasteiger partial charge in [0.15, 0.2) is 11.5 Å². The van der Waals surface area contributed by atoms with Crippen molar-refractivity contribution in [3.05, 3.63) is 29.8 Å². The minimum Gasteiger partial charge on any atom is -0.490 e. The molecule has 0 radical (unpaired) electrons. The summed E-state index contributed by atoms with van der Waals surface area (Å²) in [6.45, 7) is 7.07. The van der Waals surface area contributed by atoms with Gasteiger partial charge in [-0.25, -0.2) is 0 Å². The molecule has 6 heteroatoms. The lowest BCUT2D eigenvalue weighted by molar-refractivity contribution is -0.130. The number of likely N-dealkylation sites (tertiary alicyclic amines) is 1. The van der Waals surface area contributed by atoms with Crippen molar-refractivity contribution in [1.29, 1.82) is 0 Å². The highest BCUT2D eigenvalue weighted by Gasteiger charge is 2.15. The topological polar surface area (TPSA) is 67.9 Å². The van der Waals surface area contributed by atoms with Gasteiger partial charge in [-0.2, -0.15) is 0 Å². The van der Waals surface area contributed by atoms with Gasteiger partial charge in [-0.05, 0) is 56.9 Å². The number of carbonyl (C=O) groups is 2. The van der Waals surface area contributed by atoms with E-state index in [0.29, 0.717) is 44.2 Å². The summed E-state index contributed by atoms with van der Waals surface area (Å²) in [5, 5.41) is 2.87. The molecule has 1 aromatic carbocycles. The first-order valence-electron chi connectivity index (χ1n) is 10.3. The number of nitrogens with zero attached hydrogens (tertiary/aromatic N) is 1. The Morgan fingerprint density at radius 1 is 1.14 bits per heavy atom. The maximum Gasteiger partial charge on any atom is 0.244 e. The third kappa shape index (κ3) is 7.25. The zero-order valence-electron chi connectivity index (χ0n) is 17.0. The van der Waals surface area contributed by atoms with Crippen LogP contribution in [0.3, 0.4) is 0 Å². The normalized spacial score (nSPS) is 14.8. The van der Waals surface area contributed by atoms with E-state index in [9.17, 15) is 9.59 Å². The smallest absolute Gasteiger partial charge is 0.244 e. The van der Waals surface area contributed by atoms with Gasteiger partial charge in [0.05, 0.1) is 13.2 Å². The molecule has 1 aromatic rings. The highest BCUT2D eigenvalue weighted by Crippen LogP contribution is 2.28. The third-order valence-electron chi connectivity index (χ3n) is 4.57. The van der Waals surface area contributed by atoms with Crippen molar-refractivity contribution in [1.82, 2.24) is 10.2 Å². The van der Waals surface area contributed by atoms with E-state index < -0.39 is 0 Å². The third-order valence-corrected chi connectivity index (χ3v) is 4.57. The fraction of sp³-hybridized carbons (Fsp3) is 0.545. The summed E-state index contributed by atoms with van der Waals surface area (Å²) in [6.07, 6.45) is 7.89. The largest absolute Gasteiger partial charge is 0.490 e. The molecule has 0 atom stereocenters. The van der Waals surface area contributed by atoms with Gasteiger partial charge >= 0.3 is 0 Å². The van der Waals surface area contributed by atoms with Crippen molar-refractivity contribution < 1.29 is 19.1 Å². The molecule has 6 nitrogen and oxygen atoms in total. The highest BCUT2D eigenvalue weighted by atomic mass is 16.5. The van der Waals surface area contributed by atoms with E-state index in [-0.39, 0.29) is 11.8 Å². The lowest BCUT2D eigenvalue weighted by atomic mass is 10.2. The van der Waals surface area contributed by atoms with Gasteiger partial charge in [-0.3, -0.25) is 9.59 Å². The number of ether oxygens (including phenoxy) is 2. The van der Waals surface area contributed by atoms with E-state index in [1.807, 2.05) is 36.9 Å². The lowest BCUT2D eigenvalue weighted by Crippen LogP contribution is -2.33. The zero-order chi connectivity index (χ0) is 20.2. The van der Waals surface area contributed by atoms with E-state index >= 15 is 0 Å². The Bertz CT molecular complexity index is 673. The number of nitrogens with one attached hydrogen (secondary N) is 1. The molecule has 1 aliphatic heterocycles. The Morgan fingerprint density at radius 2 is 1.93 bits per heavy atom. The van der Waals surface area contributed by atoms with Crippen molar-refractivity contribution in [3.63, 3.8) is 0 Å². The average Bonchev–Trinajstić information content (AvgIpc) is 2.90. The molecule has 0 saturated carbocycles. The fourth-order valence-electron chi connectivity index (χ4n) is 3.16. The Labute approximate surface area is 167 Å². The fourth-order valence-corrected chi connectivity index (χ4v) is 3.16. The average molecular weight is 389 g/mol. The van der Waals surface area contributed by atoms with Crippen LogP contribution in [0.4, 0.5) is 0 Å². The van der Waals surface area contributed by atoms with Crippen LogP contribution in [0.25, 0.3) is 6.08 Å². The van der Waals surface area contributed by atoms with E-state index in [1.54, 1.807) is 6.08 Å². The van der Waals surface area contributed by atoms with Crippen LogP contribution in [0.2, 0.25) is 0 Å². The summed E-state index contributed by atoms with van der Waals surface area (Å²) in [7, 11) is 0. The SMILES string of the molecule is CCOc1ccc(/C=C/C(=O)NCCCN2CCCCCC2=O)cc1OCC. The zero-order valence-corrected chi connectivity index (χ0v) is 17.0. The van der Waals surface area contributed by atoms with Crippen LogP contribution in [-0.4, -0.2) is 49.6 Å². The molecule has 1 fully saturated rings. The minimum absolute atomic E-state index is 0.144. The molecule has 1 saturated heterocycles. The lowest BCUT2D eigenvalue weighted by Gasteiger charge is -2.20. The summed E-state index contributed by atoms with van der Waals surface area (Å²) in [6, 6.07) is 5.61. The predicted octanol–water partition coefficient (Wildman–Crippen LogP) is 3.41. The number of hydrogen-bond donors (Lipinski definition) is 1. The standard InChI is InChI=1S/C22H32N2O4/c1-3-27-19-12-10-18(17-20(19)28-4-2)11-13-21(25)23-14-8-16-24-15-7-5-6-9-22(24)26/h10-13,17H,3-9,14-16H2,1-2H3,(H,23,25)/b13-11+. The second-order valence-corrected chi connectivity index (χ2v) is 6.74. The Morgan fingerprint density at radius 3 is 2.71 bits per heavy atom. The van der Waals surface area contributed by atoms with Gasteiger partial charge in [0.2, 0.25) is 11.8 Å². The summed E-state index contributed by atoms with van der Waals surface area (Å²) in [5.74, 6) is 1.47. The van der Waals surface area contributed by atoms with Gasteiger partial charge < -0.3 is 19.7 Å². The number of benzene rings is 1. The van der Waals surface area contributed by atoms with Crippen molar-refractivity contribution in [2.45, 2.75) is 46.0 Å². The maximum absolute atomic E-state index is 12.0. The van der Waals surface area contributed by atoms with E-state index in [0.717, 1.165) is 37.8 Å². The van der Waals surface area contributed by atoms with Gasteiger partial charge in [0.25, 0.3) is 0 Å². The molecule has 0 bridgehead atoms. The van der Waals surface area contributed by atoms with E-state index in [1.165, 1.54) is 6.08 Å². The molecule has 28 heavy (non-hydrogen) atoms. The summed E-state index contributed by atoms with van der Waals surface area (Å²) >= 11 is 0. The van der Waals surface area contributed by atoms with Crippen molar-refractivity contribution in [2.75, 3.05) is 32.8 Å². The van der Waals surface area contributed by atoms with Crippen LogP contribution in [-0.2, 0) is 9.59 Å². The Hall–Kier alpha value is -2.50. The molecule has 2 rings (SSSR count). The predicted molar refractivity (Wildman–Crippen MR) is 110 cm³/mol. The quantitative estimate of drug-likeness (QED) is 0.493. The maximum atomic E-state index is 12.0. The summed E-state index contributed by atoms with van der Waals surface area (Å²) in [5.41, 5.74) is 0.872. The number of amides is 2. The monoisotopic (exact) mass is 388 g/mol. The first-order chi connectivity index (χ1) is 13.6. The summed E-state index contributed by atoms with van der Waals surface area (Å²) < 4.78 is 11.1. The molecule has 1 aliphatic rings. The van der Waals surface area contributed by atoms with Gasteiger partial charge in [-0.1, -0.05) is 12.5 Å². The second kappa shape index (κ2) is 12.1. The molecule has 0 spiro atoms. The number of rotatable bonds is 10. The van der Waals surface area contributed by atoms with Crippen LogP contribution in [0.1, 0.15) is 51.5 Å². The van der Waals surface area contributed by atoms with E-state index in [4.69, 9.17) is 9.47 Å². The van der Waals surface area contributed by atoms with Gasteiger partial charge in [0.1, 0.15) is 0 Å². The highest BCUT2D eigenvalue weighted by molar-refractivity contribution is 5.91. The molecule has 1 heterocycles. The molecule has 2 amide bonds. The van der Waals surface area contributed by atoms with Gasteiger partial charge in [0, 0.05) is 32.1 Å². The molecule has 154 valence electrons. The van der Waals surface area contributed by atoms with Crippen LogP contribution < -0.4 is 14.8 Å². The Kier molecular flexibility index (Phi) is 9.39. The van der Waals surface area contributed by atoms with Crippen molar-refractivity contribution in [2.24, 2.45) is 0 Å². The van der Waals surface area contributed by atoms with Gasteiger partial charge in [-0.15, -0.1) is 0 Å². The van der Waals surface area contributed by atoms with Crippen molar-refractivity contribution in [3.8, 4) is 11.5 Å². The molecular weight excluding hydrogens is 356 g/mol. The second-order valence-electron chi connectivity index (χ2n) is 6.74. The number of carbonyl (C=O) groups excluding carboxylic acids is 2.